The highest BCUT2D eigenvalue weighted by molar-refractivity contribution is 7.92. The molecule has 8 nitrogen and oxygen atoms in total. The number of aromatic carboxylic acids is 1. The average molecular weight is 323 g/mol. The predicted molar refractivity (Wildman–Crippen MR) is 67.7 cm³/mol. The summed E-state index contributed by atoms with van der Waals surface area (Å²) in [6.45, 7) is 1.48. The molecular weight excluding hydrogens is 310 g/mol. The maximum Gasteiger partial charge on any atom is 0.371 e. The second-order valence-corrected chi connectivity index (χ2v) is 8.73. The van der Waals surface area contributed by atoms with E-state index in [2.05, 4.69) is 4.72 Å². The van der Waals surface area contributed by atoms with Crippen LogP contribution in [-0.2, 0) is 19.9 Å². The number of furan rings is 1. The van der Waals surface area contributed by atoms with Gasteiger partial charge in [-0.1, -0.05) is 0 Å². The lowest BCUT2D eigenvalue weighted by atomic mass is 10.0. The fraction of sp³-hybridized carbons (Fsp3) is 0.500. The molecule has 1 atom stereocenters. The molecule has 0 aromatic carbocycles. The molecule has 112 valence electrons. The number of rotatable bonds is 4. The van der Waals surface area contributed by atoms with Crippen LogP contribution in [0, 0.1) is 0 Å². The van der Waals surface area contributed by atoms with E-state index in [0.29, 0.717) is 0 Å². The van der Waals surface area contributed by atoms with Crippen molar-refractivity contribution in [2.24, 2.45) is 0 Å². The largest absolute Gasteiger partial charge is 0.475 e. The third-order valence-corrected chi connectivity index (χ3v) is 6.35. The second-order valence-electron chi connectivity index (χ2n) is 4.93. The van der Waals surface area contributed by atoms with Gasteiger partial charge in [0.2, 0.25) is 10.9 Å². The summed E-state index contributed by atoms with van der Waals surface area (Å²) in [6, 6.07) is 2.03. The van der Waals surface area contributed by atoms with E-state index in [1.165, 1.54) is 6.92 Å². The van der Waals surface area contributed by atoms with E-state index in [4.69, 9.17) is 9.52 Å². The number of carbonyl (C=O) groups is 1. The Morgan fingerprint density at radius 3 is 2.55 bits per heavy atom. The second kappa shape index (κ2) is 4.57. The number of hydrogen-bond acceptors (Lipinski definition) is 6. The fourth-order valence-electron chi connectivity index (χ4n) is 2.05. The Kier molecular flexibility index (Phi) is 3.43. The maximum atomic E-state index is 12.0. The monoisotopic (exact) mass is 323 g/mol. The number of sulfone groups is 1. The van der Waals surface area contributed by atoms with Crippen LogP contribution in [0.25, 0.3) is 0 Å². The molecule has 0 saturated carbocycles. The summed E-state index contributed by atoms with van der Waals surface area (Å²) >= 11 is 0. The topological polar surface area (TPSA) is 131 Å². The zero-order valence-corrected chi connectivity index (χ0v) is 12.1. The molecule has 1 aliphatic heterocycles. The SMILES string of the molecule is CC1(NS(=O)(=O)c2ccc(C(=O)O)o2)CCS(=O)(=O)C1. The van der Waals surface area contributed by atoms with Crippen LogP contribution in [0.15, 0.2) is 21.6 Å². The molecule has 1 unspecified atom stereocenters. The summed E-state index contributed by atoms with van der Waals surface area (Å²) in [5.41, 5.74) is -1.12. The van der Waals surface area contributed by atoms with Gasteiger partial charge in [0, 0.05) is 5.54 Å². The van der Waals surface area contributed by atoms with Crippen molar-refractivity contribution in [1.82, 2.24) is 4.72 Å². The first-order valence-corrected chi connectivity index (χ1v) is 8.91. The quantitative estimate of drug-likeness (QED) is 0.786. The van der Waals surface area contributed by atoms with Crippen LogP contribution in [0.3, 0.4) is 0 Å². The van der Waals surface area contributed by atoms with Gasteiger partial charge < -0.3 is 9.52 Å². The normalized spacial score (nSPS) is 25.6. The van der Waals surface area contributed by atoms with Gasteiger partial charge in [-0.3, -0.25) is 0 Å². The molecule has 0 spiro atoms. The summed E-state index contributed by atoms with van der Waals surface area (Å²) in [4.78, 5) is 10.6. The number of sulfonamides is 1. The van der Waals surface area contributed by atoms with Crippen molar-refractivity contribution in [3.05, 3.63) is 17.9 Å². The Bertz CT molecular complexity index is 746. The molecule has 0 amide bonds. The Morgan fingerprint density at radius 2 is 2.10 bits per heavy atom. The van der Waals surface area contributed by atoms with Gasteiger partial charge in [-0.15, -0.1) is 0 Å². The van der Waals surface area contributed by atoms with E-state index in [1.54, 1.807) is 0 Å². The Balaban J connectivity index is 2.25. The Labute approximate surface area is 115 Å². The van der Waals surface area contributed by atoms with Crippen LogP contribution >= 0.6 is 0 Å². The van der Waals surface area contributed by atoms with E-state index in [9.17, 15) is 21.6 Å². The van der Waals surface area contributed by atoms with Crippen molar-refractivity contribution in [2.45, 2.75) is 24.0 Å². The minimum Gasteiger partial charge on any atom is -0.475 e. The minimum absolute atomic E-state index is 0.0927. The van der Waals surface area contributed by atoms with Gasteiger partial charge in [0.15, 0.2) is 9.84 Å². The maximum absolute atomic E-state index is 12.0. The molecule has 10 heteroatoms. The van der Waals surface area contributed by atoms with Crippen LogP contribution in [-0.4, -0.2) is 45.0 Å². The first-order chi connectivity index (χ1) is 9.03. The third kappa shape index (κ3) is 3.02. The summed E-state index contributed by atoms with van der Waals surface area (Å²) in [5.74, 6) is -2.29. The van der Waals surface area contributed by atoms with Gasteiger partial charge in [-0.05, 0) is 25.5 Å². The fourth-order valence-corrected chi connectivity index (χ4v) is 5.60. The molecule has 2 N–H and O–H groups in total. The van der Waals surface area contributed by atoms with Gasteiger partial charge in [0.05, 0.1) is 11.5 Å². The van der Waals surface area contributed by atoms with Gasteiger partial charge >= 0.3 is 5.97 Å². The van der Waals surface area contributed by atoms with Crippen LogP contribution < -0.4 is 4.72 Å². The third-order valence-electron chi connectivity index (χ3n) is 2.94. The van der Waals surface area contributed by atoms with Crippen LogP contribution in [0.5, 0.6) is 0 Å². The van der Waals surface area contributed by atoms with E-state index >= 15 is 0 Å². The van der Waals surface area contributed by atoms with Crippen molar-refractivity contribution >= 4 is 25.8 Å². The molecule has 1 saturated heterocycles. The lowest BCUT2D eigenvalue weighted by Crippen LogP contribution is -2.46. The highest BCUT2D eigenvalue weighted by atomic mass is 32.2. The van der Waals surface area contributed by atoms with E-state index in [1.807, 2.05) is 0 Å². The molecule has 0 aliphatic carbocycles. The minimum atomic E-state index is -4.11. The summed E-state index contributed by atoms with van der Waals surface area (Å²) in [5, 5.41) is 8.12. The van der Waals surface area contributed by atoms with Gasteiger partial charge in [-0.2, -0.15) is 0 Å². The van der Waals surface area contributed by atoms with Crippen LogP contribution in [0.1, 0.15) is 23.9 Å². The summed E-state index contributed by atoms with van der Waals surface area (Å²) < 4.78 is 53.9. The number of carboxylic acid groups (broad SMARTS) is 1. The predicted octanol–water partition coefficient (Wildman–Crippen LogP) is -0.167. The lowest BCUT2D eigenvalue weighted by molar-refractivity contribution is 0.0656. The first-order valence-electron chi connectivity index (χ1n) is 5.61. The molecule has 1 aliphatic rings. The van der Waals surface area contributed by atoms with Crippen LogP contribution in [0.4, 0.5) is 0 Å². The molecule has 20 heavy (non-hydrogen) atoms. The molecule has 1 fully saturated rings. The van der Waals surface area contributed by atoms with E-state index < -0.39 is 42.2 Å². The molecular formula is C10H13NO7S2. The Morgan fingerprint density at radius 1 is 1.45 bits per heavy atom. The van der Waals surface area contributed by atoms with Crippen molar-refractivity contribution < 1.29 is 31.2 Å². The molecule has 1 aromatic heterocycles. The van der Waals surface area contributed by atoms with Crippen molar-refractivity contribution in [3.8, 4) is 0 Å². The van der Waals surface area contributed by atoms with Crippen molar-refractivity contribution in [1.29, 1.82) is 0 Å². The first kappa shape index (κ1) is 15.0. The summed E-state index contributed by atoms with van der Waals surface area (Å²) in [7, 11) is -7.38. The number of hydrogen-bond donors (Lipinski definition) is 2. The molecule has 2 heterocycles. The highest BCUT2D eigenvalue weighted by Gasteiger charge is 2.42. The lowest BCUT2D eigenvalue weighted by Gasteiger charge is -2.22. The molecule has 0 radical (unpaired) electrons. The summed E-state index contributed by atoms with van der Waals surface area (Å²) in [6.07, 6.45) is 0.154. The van der Waals surface area contributed by atoms with Crippen molar-refractivity contribution in [2.75, 3.05) is 11.5 Å². The highest BCUT2D eigenvalue weighted by Crippen LogP contribution is 2.25. The molecule has 2 rings (SSSR count). The molecule has 1 aromatic rings. The van der Waals surface area contributed by atoms with Crippen molar-refractivity contribution in [3.63, 3.8) is 0 Å². The van der Waals surface area contributed by atoms with Gasteiger partial charge in [0.1, 0.15) is 0 Å². The zero-order valence-electron chi connectivity index (χ0n) is 10.5. The smallest absolute Gasteiger partial charge is 0.371 e. The Hall–Kier alpha value is -1.39. The van der Waals surface area contributed by atoms with Gasteiger partial charge in [0.25, 0.3) is 10.0 Å². The van der Waals surface area contributed by atoms with Gasteiger partial charge in [-0.25, -0.2) is 26.4 Å². The zero-order chi connectivity index (χ0) is 15.2. The van der Waals surface area contributed by atoms with Crippen LogP contribution in [0.2, 0.25) is 0 Å². The standard InChI is InChI=1S/C10H13NO7S2/c1-10(4-5-19(14,15)6-10)11-20(16,17)8-3-2-7(18-8)9(12)13/h2-3,11H,4-6H2,1H3,(H,12,13). The average Bonchev–Trinajstić information content (AvgIpc) is 2.83. The number of carboxylic acids is 1. The molecule has 0 bridgehead atoms. The van der Waals surface area contributed by atoms with E-state index in [-0.39, 0.29) is 17.9 Å². The van der Waals surface area contributed by atoms with E-state index in [0.717, 1.165) is 12.1 Å². The number of nitrogens with one attached hydrogen (secondary N) is 1.